The number of benzene rings is 6. The Morgan fingerprint density at radius 1 is 0.476 bits per heavy atom. The molecule has 0 fully saturated rings. The highest BCUT2D eigenvalue weighted by Crippen LogP contribution is 2.52. The van der Waals surface area contributed by atoms with Gasteiger partial charge in [0.25, 0.3) is 0 Å². The van der Waals surface area contributed by atoms with Gasteiger partial charge < -0.3 is 9.47 Å². The van der Waals surface area contributed by atoms with Crippen molar-refractivity contribution >= 4 is 49.6 Å². The molecule has 3 nitrogen and oxygen atoms in total. The summed E-state index contributed by atoms with van der Waals surface area (Å²) in [6.45, 7) is 0. The topological polar surface area (TPSA) is 21.1 Å². The highest BCUT2D eigenvalue weighted by molar-refractivity contribution is 6.32. The molecule has 6 aromatic carbocycles. The molecule has 0 amide bonds. The second kappa shape index (κ2) is 8.92. The van der Waals surface area contributed by atoms with Gasteiger partial charge in [-0.05, 0) is 70.8 Å². The van der Waals surface area contributed by atoms with Crippen LogP contribution in [0.1, 0.15) is 0 Å². The van der Waals surface area contributed by atoms with Crippen molar-refractivity contribution in [1.29, 1.82) is 0 Å². The van der Waals surface area contributed by atoms with Gasteiger partial charge in [-0.1, -0.05) is 91.0 Å². The SMILES string of the molecule is c1ccc(N(c2ccccc2)c2cc3c4c5c(cccc25)-c2ccccc2-c2cccc(c24)n3-c2cccnc2)cc1. The maximum atomic E-state index is 4.53. The highest BCUT2D eigenvalue weighted by Gasteiger charge is 2.27. The molecule has 0 N–H and O–H groups in total. The van der Waals surface area contributed by atoms with Crippen molar-refractivity contribution in [3.8, 4) is 27.9 Å². The molecular formula is C39H25N3. The van der Waals surface area contributed by atoms with Crippen LogP contribution in [0.4, 0.5) is 17.1 Å². The van der Waals surface area contributed by atoms with Gasteiger partial charge in [-0.3, -0.25) is 4.98 Å². The lowest BCUT2D eigenvalue weighted by atomic mass is 9.92. The third-order valence-electron chi connectivity index (χ3n) is 8.58. The van der Waals surface area contributed by atoms with Crippen molar-refractivity contribution in [2.75, 3.05) is 4.90 Å². The van der Waals surface area contributed by atoms with Crippen LogP contribution in [0.15, 0.2) is 152 Å². The Balaban J connectivity index is 1.54. The van der Waals surface area contributed by atoms with Crippen LogP contribution < -0.4 is 4.90 Å². The first-order chi connectivity index (χ1) is 20.9. The lowest BCUT2D eigenvalue weighted by Crippen LogP contribution is -2.10. The van der Waals surface area contributed by atoms with E-state index in [9.17, 15) is 0 Å². The molecular weight excluding hydrogens is 510 g/mol. The molecule has 0 saturated heterocycles. The summed E-state index contributed by atoms with van der Waals surface area (Å²) in [5.74, 6) is 0. The zero-order chi connectivity index (χ0) is 27.6. The number of hydrogen-bond acceptors (Lipinski definition) is 2. The molecule has 196 valence electrons. The molecule has 0 aliphatic heterocycles. The van der Waals surface area contributed by atoms with Crippen LogP contribution >= 0.6 is 0 Å². The van der Waals surface area contributed by atoms with E-state index in [1.165, 1.54) is 54.8 Å². The number of pyridine rings is 1. The number of nitrogens with zero attached hydrogens (tertiary/aromatic N) is 3. The molecule has 1 aliphatic carbocycles. The van der Waals surface area contributed by atoms with E-state index in [1.807, 2.05) is 18.5 Å². The molecule has 0 spiro atoms. The van der Waals surface area contributed by atoms with Crippen molar-refractivity contribution in [2.24, 2.45) is 0 Å². The number of para-hydroxylation sites is 2. The first-order valence-corrected chi connectivity index (χ1v) is 14.3. The van der Waals surface area contributed by atoms with E-state index in [1.54, 1.807) is 0 Å². The zero-order valence-corrected chi connectivity index (χ0v) is 22.8. The second-order valence-corrected chi connectivity index (χ2v) is 10.8. The van der Waals surface area contributed by atoms with E-state index in [2.05, 4.69) is 148 Å². The minimum absolute atomic E-state index is 1.05. The van der Waals surface area contributed by atoms with Gasteiger partial charge in [-0.15, -0.1) is 0 Å². The van der Waals surface area contributed by atoms with Crippen LogP contribution in [0.25, 0.3) is 60.5 Å². The monoisotopic (exact) mass is 535 g/mol. The summed E-state index contributed by atoms with van der Waals surface area (Å²) in [7, 11) is 0. The Hall–Kier alpha value is -5.67. The van der Waals surface area contributed by atoms with E-state index in [0.717, 1.165) is 22.7 Å². The average Bonchev–Trinajstić information content (AvgIpc) is 3.33. The number of rotatable bonds is 4. The van der Waals surface area contributed by atoms with Crippen LogP contribution in [0.2, 0.25) is 0 Å². The van der Waals surface area contributed by atoms with Crippen molar-refractivity contribution in [3.63, 3.8) is 0 Å². The molecule has 42 heavy (non-hydrogen) atoms. The zero-order valence-electron chi connectivity index (χ0n) is 22.8. The molecule has 2 heterocycles. The molecule has 9 rings (SSSR count). The van der Waals surface area contributed by atoms with Crippen LogP contribution in [0.5, 0.6) is 0 Å². The Kier molecular flexibility index (Phi) is 4.90. The molecule has 2 aromatic heterocycles. The molecule has 8 aromatic rings. The van der Waals surface area contributed by atoms with Crippen LogP contribution in [-0.2, 0) is 0 Å². The predicted molar refractivity (Wildman–Crippen MR) is 175 cm³/mol. The molecule has 0 atom stereocenters. The smallest absolute Gasteiger partial charge is 0.0645 e. The first kappa shape index (κ1) is 23.1. The minimum atomic E-state index is 1.05. The van der Waals surface area contributed by atoms with E-state index >= 15 is 0 Å². The van der Waals surface area contributed by atoms with Gasteiger partial charge in [0, 0.05) is 39.1 Å². The third-order valence-corrected chi connectivity index (χ3v) is 8.58. The number of fused-ring (bicyclic) bond motifs is 3. The van der Waals surface area contributed by atoms with Crippen LogP contribution in [-0.4, -0.2) is 9.55 Å². The minimum Gasteiger partial charge on any atom is -0.310 e. The van der Waals surface area contributed by atoms with E-state index in [-0.39, 0.29) is 0 Å². The molecule has 3 heteroatoms. The second-order valence-electron chi connectivity index (χ2n) is 10.8. The maximum absolute atomic E-state index is 4.53. The van der Waals surface area contributed by atoms with E-state index in [4.69, 9.17) is 0 Å². The van der Waals surface area contributed by atoms with Crippen LogP contribution in [0, 0.1) is 0 Å². The van der Waals surface area contributed by atoms with Crippen molar-refractivity contribution < 1.29 is 0 Å². The highest BCUT2D eigenvalue weighted by atomic mass is 15.1. The number of anilines is 3. The lowest BCUT2D eigenvalue weighted by molar-refractivity contribution is 1.14. The maximum Gasteiger partial charge on any atom is 0.0645 e. The Morgan fingerprint density at radius 2 is 1.10 bits per heavy atom. The molecule has 0 bridgehead atoms. The van der Waals surface area contributed by atoms with Gasteiger partial charge in [0.05, 0.1) is 28.6 Å². The van der Waals surface area contributed by atoms with Crippen LogP contribution in [0.3, 0.4) is 0 Å². The van der Waals surface area contributed by atoms with Gasteiger partial charge in [0.1, 0.15) is 0 Å². The fraction of sp³-hybridized carbons (Fsp3) is 0. The lowest BCUT2D eigenvalue weighted by Gasteiger charge is -2.28. The first-order valence-electron chi connectivity index (χ1n) is 14.3. The summed E-state index contributed by atoms with van der Waals surface area (Å²) in [6, 6.07) is 50.3. The van der Waals surface area contributed by atoms with Gasteiger partial charge in [0.15, 0.2) is 0 Å². The summed E-state index contributed by atoms with van der Waals surface area (Å²) >= 11 is 0. The quantitative estimate of drug-likeness (QED) is 0.223. The molecule has 0 unspecified atom stereocenters. The Bertz CT molecular complexity index is 2250. The molecule has 0 radical (unpaired) electrons. The van der Waals surface area contributed by atoms with E-state index in [0.29, 0.717) is 0 Å². The molecule has 1 aliphatic rings. The summed E-state index contributed by atoms with van der Waals surface area (Å²) in [4.78, 5) is 6.92. The molecule has 0 saturated carbocycles. The Morgan fingerprint density at radius 3 is 1.76 bits per heavy atom. The fourth-order valence-electron chi connectivity index (χ4n) is 6.92. The van der Waals surface area contributed by atoms with Gasteiger partial charge in [0.2, 0.25) is 0 Å². The number of aromatic nitrogens is 2. The number of hydrogen-bond donors (Lipinski definition) is 0. The van der Waals surface area contributed by atoms with Crippen molar-refractivity contribution in [2.45, 2.75) is 0 Å². The summed E-state index contributed by atoms with van der Waals surface area (Å²) in [6.07, 6.45) is 3.81. The third kappa shape index (κ3) is 3.19. The van der Waals surface area contributed by atoms with Crippen molar-refractivity contribution in [1.82, 2.24) is 9.55 Å². The summed E-state index contributed by atoms with van der Waals surface area (Å²) in [5.41, 5.74) is 11.9. The normalized spacial score (nSPS) is 11.8. The average molecular weight is 536 g/mol. The van der Waals surface area contributed by atoms with E-state index < -0.39 is 0 Å². The summed E-state index contributed by atoms with van der Waals surface area (Å²) in [5, 5.41) is 5.09. The fourth-order valence-corrected chi connectivity index (χ4v) is 6.92. The van der Waals surface area contributed by atoms with Gasteiger partial charge >= 0.3 is 0 Å². The standard InChI is InChI=1S/C39H25N3/c1-3-12-26(13-4-1)41(27-14-5-2-6-15-27)35-24-36-39-37-31(19-9-21-33(35)37)29-17-7-8-18-30(29)32-20-10-22-34(38(32)39)42(36)28-16-11-23-40-25-28/h1-25H. The largest absolute Gasteiger partial charge is 0.310 e. The Labute approximate surface area is 243 Å². The van der Waals surface area contributed by atoms with Gasteiger partial charge in [-0.2, -0.15) is 0 Å². The van der Waals surface area contributed by atoms with Gasteiger partial charge in [-0.25, -0.2) is 0 Å². The predicted octanol–water partition coefficient (Wildman–Crippen LogP) is 10.4. The summed E-state index contributed by atoms with van der Waals surface area (Å²) < 4.78 is 2.39. The van der Waals surface area contributed by atoms with Crippen molar-refractivity contribution in [3.05, 3.63) is 152 Å².